The number of amides is 3. The van der Waals surface area contributed by atoms with Gasteiger partial charge in [-0.3, -0.25) is 29.3 Å². The summed E-state index contributed by atoms with van der Waals surface area (Å²) in [7, 11) is 0. The quantitative estimate of drug-likeness (QED) is 0.132. The van der Waals surface area contributed by atoms with E-state index in [4.69, 9.17) is 15.1 Å². The highest BCUT2D eigenvalue weighted by Gasteiger charge is 2.41. The minimum atomic E-state index is -0.731. The monoisotopic (exact) mass is 899 g/mol. The first-order valence-corrected chi connectivity index (χ1v) is 23.5. The molecule has 3 amide bonds. The number of nitrogens with one attached hydrogen (secondary N) is 3. The topological polar surface area (TPSA) is 182 Å². The molecular formula is C48H55F2N13O3. The summed E-state index contributed by atoms with van der Waals surface area (Å²) >= 11 is 0. The van der Waals surface area contributed by atoms with Crippen LogP contribution in [0.5, 0.6) is 0 Å². The third-order valence-electron chi connectivity index (χ3n) is 15.0. The molecule has 7 heterocycles. The molecule has 1 aromatic carbocycles. The van der Waals surface area contributed by atoms with E-state index in [9.17, 15) is 19.6 Å². The zero-order chi connectivity index (χ0) is 45.5. The number of piperazine rings is 1. The van der Waals surface area contributed by atoms with Crippen molar-refractivity contribution in [1.29, 1.82) is 5.26 Å². The number of imide groups is 1. The number of nitriles is 1. The lowest BCUT2D eigenvalue weighted by Gasteiger charge is -2.42. The second-order valence-electron chi connectivity index (χ2n) is 18.7. The highest BCUT2D eigenvalue weighted by Crippen LogP contribution is 2.39. The first-order valence-electron chi connectivity index (χ1n) is 23.5. The lowest BCUT2D eigenvalue weighted by atomic mass is 9.74. The fourth-order valence-corrected chi connectivity index (χ4v) is 10.6. The van der Waals surface area contributed by atoms with Crippen LogP contribution in [0.25, 0.3) is 28.0 Å². The molecule has 2 saturated carbocycles. The minimum Gasteiger partial charge on any atom is -0.373 e. The van der Waals surface area contributed by atoms with Gasteiger partial charge in [-0.1, -0.05) is 6.92 Å². The van der Waals surface area contributed by atoms with Crippen molar-refractivity contribution in [3.63, 3.8) is 0 Å². The van der Waals surface area contributed by atoms with Gasteiger partial charge in [-0.05, 0) is 94.9 Å². The molecule has 0 bridgehead atoms. The Morgan fingerprint density at radius 1 is 0.879 bits per heavy atom. The molecule has 3 saturated heterocycles. The Hall–Kier alpha value is -6.48. The van der Waals surface area contributed by atoms with E-state index in [-0.39, 0.29) is 47.5 Å². The lowest BCUT2D eigenvalue weighted by molar-refractivity contribution is -0.134. The van der Waals surface area contributed by atoms with Gasteiger partial charge in [0.15, 0.2) is 11.6 Å². The van der Waals surface area contributed by atoms with Crippen molar-refractivity contribution in [2.75, 3.05) is 54.4 Å². The largest absolute Gasteiger partial charge is 0.373 e. The number of nitrogens with zero attached hydrogens (tertiary/aromatic N) is 10. The van der Waals surface area contributed by atoms with Crippen molar-refractivity contribution in [2.45, 2.75) is 108 Å². The number of anilines is 3. The third-order valence-corrected chi connectivity index (χ3v) is 15.0. The molecule has 18 heteroatoms. The first-order chi connectivity index (χ1) is 32.1. The second kappa shape index (κ2) is 18.1. The summed E-state index contributed by atoms with van der Waals surface area (Å²) < 4.78 is 34.5. The standard InChI is InChI=1S/C48H55F2N13O3/c1-2-48(47(66)56-33-4-3-5-33)14-16-60(17-15-48)41-12-6-30(25-52-41)43-44-31(24-51)26-54-63(44)29-40(57-43)32-27-53-62(28-32)36-9-7-35(8-10-36)59-18-20-61(21-19-59)45-37(49)22-34(23-38(45)50)55-39-11-13-42(64)58-46(39)65/h6,12,22-23,25-29,33,35-36,39,55H,2-5,7-11,13-21H2,1H3,(H,56,66)(H,58,64,65). The Balaban J connectivity index is 0.762. The normalized spacial score (nSPS) is 22.7. The number of pyridine rings is 1. The fourth-order valence-electron chi connectivity index (χ4n) is 10.6. The van der Waals surface area contributed by atoms with Crippen LogP contribution in [0, 0.1) is 28.4 Å². The van der Waals surface area contributed by atoms with Crippen LogP contribution in [-0.4, -0.2) is 109 Å². The minimum absolute atomic E-state index is 0.0613. The van der Waals surface area contributed by atoms with E-state index >= 15 is 8.78 Å². The van der Waals surface area contributed by atoms with Crippen LogP contribution in [0.4, 0.5) is 26.0 Å². The van der Waals surface area contributed by atoms with Gasteiger partial charge >= 0.3 is 0 Å². The van der Waals surface area contributed by atoms with E-state index in [1.807, 2.05) is 41.6 Å². The number of fused-ring (bicyclic) bond motifs is 1. The summed E-state index contributed by atoms with van der Waals surface area (Å²) in [5.41, 5.74) is 3.67. The van der Waals surface area contributed by atoms with Crippen LogP contribution in [0.15, 0.2) is 55.2 Å². The van der Waals surface area contributed by atoms with Gasteiger partial charge in [0.1, 0.15) is 34.7 Å². The number of hydrogen-bond acceptors (Lipinski definition) is 12. The number of carbonyl (C=O) groups excluding carboxylic acids is 3. The summed E-state index contributed by atoms with van der Waals surface area (Å²) in [6, 6.07) is 8.86. The van der Waals surface area contributed by atoms with Gasteiger partial charge in [-0.25, -0.2) is 23.3 Å². The maximum Gasteiger partial charge on any atom is 0.249 e. The molecular weight excluding hydrogens is 845 g/mol. The molecule has 4 aromatic heterocycles. The van der Waals surface area contributed by atoms with Gasteiger partial charge in [0.2, 0.25) is 17.7 Å². The Labute approximate surface area is 381 Å². The summed E-state index contributed by atoms with van der Waals surface area (Å²) in [5.74, 6) is -1.19. The molecule has 344 valence electrons. The average Bonchev–Trinajstić information content (AvgIpc) is 3.99. The fraction of sp³-hybridized carbons (Fsp3) is 0.500. The van der Waals surface area contributed by atoms with Crippen molar-refractivity contribution < 1.29 is 23.2 Å². The smallest absolute Gasteiger partial charge is 0.249 e. The molecule has 3 N–H and O–H groups in total. The van der Waals surface area contributed by atoms with Gasteiger partial charge in [-0.15, -0.1) is 0 Å². The van der Waals surface area contributed by atoms with Gasteiger partial charge < -0.3 is 20.4 Å². The molecule has 0 radical (unpaired) electrons. The molecule has 66 heavy (non-hydrogen) atoms. The van der Waals surface area contributed by atoms with Crippen LogP contribution in [0.2, 0.25) is 0 Å². The molecule has 3 aliphatic heterocycles. The zero-order valence-corrected chi connectivity index (χ0v) is 37.2. The SMILES string of the molecule is CCC1(C(=O)NC2CCC2)CCN(c2ccc(-c3nc(-c4cnn(C5CCC(N6CCN(c7c(F)cc(NC8CCC(=O)NC8=O)cc7F)CC6)CC5)c4)cn4ncc(C#N)c34)cn2)CC1. The van der Waals surface area contributed by atoms with Crippen LogP contribution >= 0.6 is 0 Å². The number of benzene rings is 1. The summed E-state index contributed by atoms with van der Waals surface area (Å²) in [6.07, 6.45) is 19.0. The summed E-state index contributed by atoms with van der Waals surface area (Å²) in [5, 5.41) is 27.7. The predicted molar refractivity (Wildman–Crippen MR) is 243 cm³/mol. The van der Waals surface area contributed by atoms with Gasteiger partial charge in [0.25, 0.3) is 0 Å². The first kappa shape index (κ1) is 43.4. The Morgan fingerprint density at radius 2 is 1.62 bits per heavy atom. The molecule has 0 spiro atoms. The lowest BCUT2D eigenvalue weighted by Crippen LogP contribution is -2.52. The van der Waals surface area contributed by atoms with Crippen molar-refractivity contribution >= 4 is 40.4 Å². The Morgan fingerprint density at radius 3 is 2.27 bits per heavy atom. The van der Waals surface area contributed by atoms with Crippen LogP contribution in [0.3, 0.4) is 0 Å². The van der Waals surface area contributed by atoms with E-state index < -0.39 is 23.6 Å². The summed E-state index contributed by atoms with van der Waals surface area (Å²) in [4.78, 5) is 53.4. The maximum absolute atomic E-state index is 15.4. The number of halogens is 2. The number of aromatic nitrogens is 6. The highest BCUT2D eigenvalue weighted by atomic mass is 19.1. The van der Waals surface area contributed by atoms with Gasteiger partial charge in [0.05, 0.1) is 41.4 Å². The molecule has 5 fully saturated rings. The van der Waals surface area contributed by atoms with E-state index in [1.165, 1.54) is 18.6 Å². The highest BCUT2D eigenvalue weighted by molar-refractivity contribution is 6.01. The number of piperidine rings is 2. The number of carbonyl (C=O) groups is 3. The van der Waals surface area contributed by atoms with Crippen molar-refractivity contribution in [3.05, 3.63) is 72.4 Å². The number of hydrogen-bond donors (Lipinski definition) is 3. The van der Waals surface area contributed by atoms with Gasteiger partial charge in [-0.2, -0.15) is 15.5 Å². The predicted octanol–water partition coefficient (Wildman–Crippen LogP) is 5.99. The Kier molecular flexibility index (Phi) is 11.9. The van der Waals surface area contributed by atoms with E-state index in [2.05, 4.69) is 43.8 Å². The van der Waals surface area contributed by atoms with Crippen molar-refractivity contribution in [1.82, 2.24) is 44.9 Å². The average molecular weight is 900 g/mol. The molecule has 1 unspecified atom stereocenters. The molecule has 10 rings (SSSR count). The van der Waals surface area contributed by atoms with Crippen molar-refractivity contribution in [2.24, 2.45) is 5.41 Å². The van der Waals surface area contributed by atoms with E-state index in [0.29, 0.717) is 60.7 Å². The third kappa shape index (κ3) is 8.44. The van der Waals surface area contributed by atoms with Crippen LogP contribution in [-0.2, 0) is 14.4 Å². The van der Waals surface area contributed by atoms with E-state index in [1.54, 1.807) is 15.6 Å². The van der Waals surface area contributed by atoms with Crippen molar-refractivity contribution in [3.8, 4) is 28.6 Å². The Bertz CT molecular complexity index is 2640. The van der Waals surface area contributed by atoms with Gasteiger partial charge in [0, 0.05) is 87.0 Å². The maximum atomic E-state index is 15.4. The molecule has 5 aliphatic rings. The molecule has 16 nitrogen and oxygen atoms in total. The zero-order valence-electron chi connectivity index (χ0n) is 37.2. The molecule has 1 atom stereocenters. The molecule has 2 aliphatic carbocycles. The molecule has 5 aromatic rings. The van der Waals surface area contributed by atoms with E-state index in [0.717, 1.165) is 87.8 Å². The second-order valence-corrected chi connectivity index (χ2v) is 18.7. The summed E-state index contributed by atoms with van der Waals surface area (Å²) in [6.45, 7) is 5.96. The van der Waals surface area contributed by atoms with Crippen LogP contribution in [0.1, 0.15) is 95.6 Å². The van der Waals surface area contributed by atoms with Crippen LogP contribution < -0.4 is 25.8 Å². The number of rotatable bonds is 11.